The third-order valence-electron chi connectivity index (χ3n) is 4.35. The molecule has 0 unspecified atom stereocenters. The maximum absolute atomic E-state index is 11.0. The van der Waals surface area contributed by atoms with Crippen LogP contribution in [0.2, 0.25) is 0 Å². The summed E-state index contributed by atoms with van der Waals surface area (Å²) in [6.45, 7) is 8.43. The van der Waals surface area contributed by atoms with E-state index in [0.29, 0.717) is 17.6 Å². The summed E-state index contributed by atoms with van der Waals surface area (Å²) in [6, 6.07) is 11.2. The van der Waals surface area contributed by atoms with E-state index in [9.17, 15) is 4.79 Å². The number of hydrogen-bond acceptors (Lipinski definition) is 6. The van der Waals surface area contributed by atoms with Crippen molar-refractivity contribution in [1.29, 1.82) is 0 Å². The second kappa shape index (κ2) is 11.2. The molecule has 0 bridgehead atoms. The number of nitrogens with zero attached hydrogens (tertiary/aromatic N) is 3. The maximum atomic E-state index is 11.0. The van der Waals surface area contributed by atoms with Gasteiger partial charge in [0.05, 0.1) is 18.1 Å². The standard InChI is InChI=1S/C21H29N5O2/c1-16(2)26(12-11-18-7-5-4-6-8-18)15-17(3)24-20-14-22-19(13-23-20)9-10-21(27)25-28/h4-10,13-14,16-17,28H,11-12,15H2,1-3H3,(H,23,24)(H,25,27)/b10-9+/t17-/m1/s1. The van der Waals surface area contributed by atoms with Crippen molar-refractivity contribution in [3.8, 4) is 0 Å². The Morgan fingerprint density at radius 3 is 2.54 bits per heavy atom. The second-order valence-electron chi connectivity index (χ2n) is 7.01. The first kappa shape index (κ1) is 21.5. The van der Waals surface area contributed by atoms with Crippen molar-refractivity contribution in [1.82, 2.24) is 20.3 Å². The third kappa shape index (κ3) is 7.46. The first-order chi connectivity index (χ1) is 13.5. The maximum Gasteiger partial charge on any atom is 0.267 e. The molecule has 2 aromatic rings. The Labute approximate surface area is 166 Å². The fourth-order valence-electron chi connectivity index (χ4n) is 2.82. The average molecular weight is 383 g/mol. The van der Waals surface area contributed by atoms with Crippen molar-refractivity contribution >= 4 is 17.8 Å². The summed E-state index contributed by atoms with van der Waals surface area (Å²) in [4.78, 5) is 22.0. The molecule has 0 radical (unpaired) electrons. The van der Waals surface area contributed by atoms with Crippen molar-refractivity contribution in [2.45, 2.75) is 39.3 Å². The van der Waals surface area contributed by atoms with Gasteiger partial charge in [-0.25, -0.2) is 10.5 Å². The molecule has 2 rings (SSSR count). The van der Waals surface area contributed by atoms with Gasteiger partial charge in [0.25, 0.3) is 5.91 Å². The minimum atomic E-state index is -0.609. The lowest BCUT2D eigenvalue weighted by Crippen LogP contribution is -2.40. The number of amides is 1. The average Bonchev–Trinajstić information content (AvgIpc) is 2.70. The van der Waals surface area contributed by atoms with Gasteiger partial charge in [-0.1, -0.05) is 30.3 Å². The van der Waals surface area contributed by atoms with Crippen LogP contribution < -0.4 is 10.8 Å². The summed E-state index contributed by atoms with van der Waals surface area (Å²) < 4.78 is 0. The molecule has 7 nitrogen and oxygen atoms in total. The third-order valence-corrected chi connectivity index (χ3v) is 4.35. The molecule has 150 valence electrons. The zero-order valence-corrected chi connectivity index (χ0v) is 16.7. The van der Waals surface area contributed by atoms with Crippen LogP contribution in [-0.2, 0) is 11.2 Å². The van der Waals surface area contributed by atoms with E-state index in [4.69, 9.17) is 5.21 Å². The Morgan fingerprint density at radius 2 is 1.93 bits per heavy atom. The Hall–Kier alpha value is -2.77. The van der Waals surface area contributed by atoms with Gasteiger partial charge in [0, 0.05) is 31.2 Å². The van der Waals surface area contributed by atoms with E-state index in [1.54, 1.807) is 12.4 Å². The molecule has 0 aliphatic rings. The van der Waals surface area contributed by atoms with Crippen LogP contribution in [0.5, 0.6) is 0 Å². The number of aromatic nitrogens is 2. The molecule has 0 saturated carbocycles. The second-order valence-corrected chi connectivity index (χ2v) is 7.01. The molecule has 0 spiro atoms. The smallest absolute Gasteiger partial charge is 0.267 e. The minimum Gasteiger partial charge on any atom is -0.365 e. The molecule has 1 aromatic heterocycles. The Morgan fingerprint density at radius 1 is 1.18 bits per heavy atom. The predicted molar refractivity (Wildman–Crippen MR) is 111 cm³/mol. The van der Waals surface area contributed by atoms with Gasteiger partial charge in [0.1, 0.15) is 5.82 Å². The minimum absolute atomic E-state index is 0.203. The molecule has 0 aliphatic heterocycles. The van der Waals surface area contributed by atoms with E-state index in [2.05, 4.69) is 65.2 Å². The molecule has 0 fully saturated rings. The number of nitrogens with one attached hydrogen (secondary N) is 2. The van der Waals surface area contributed by atoms with Crippen LogP contribution in [0.25, 0.3) is 6.08 Å². The summed E-state index contributed by atoms with van der Waals surface area (Å²) in [5, 5.41) is 11.8. The monoisotopic (exact) mass is 383 g/mol. The molecular weight excluding hydrogens is 354 g/mol. The van der Waals surface area contributed by atoms with Crippen molar-refractivity contribution in [2.24, 2.45) is 0 Å². The van der Waals surface area contributed by atoms with Gasteiger partial charge in [-0.15, -0.1) is 0 Å². The number of carbonyl (C=O) groups is 1. The van der Waals surface area contributed by atoms with Gasteiger partial charge in [-0.3, -0.25) is 19.9 Å². The highest BCUT2D eigenvalue weighted by molar-refractivity contribution is 5.90. The van der Waals surface area contributed by atoms with E-state index in [0.717, 1.165) is 19.5 Å². The molecule has 1 atom stereocenters. The number of carbonyl (C=O) groups excluding carboxylic acids is 1. The quantitative estimate of drug-likeness (QED) is 0.332. The summed E-state index contributed by atoms with van der Waals surface area (Å²) in [7, 11) is 0. The fourth-order valence-corrected chi connectivity index (χ4v) is 2.82. The SMILES string of the molecule is CC(C)N(CCc1ccccc1)C[C@@H](C)Nc1cnc(/C=C/C(=O)NO)cn1. The van der Waals surface area contributed by atoms with Crippen LogP contribution in [0.15, 0.2) is 48.8 Å². The highest BCUT2D eigenvalue weighted by Gasteiger charge is 2.14. The van der Waals surface area contributed by atoms with Gasteiger partial charge in [-0.2, -0.15) is 0 Å². The molecular formula is C21H29N5O2. The number of hydrogen-bond donors (Lipinski definition) is 3. The lowest BCUT2D eigenvalue weighted by molar-refractivity contribution is -0.124. The van der Waals surface area contributed by atoms with Crippen LogP contribution in [0.4, 0.5) is 5.82 Å². The summed E-state index contributed by atoms with van der Waals surface area (Å²) >= 11 is 0. The summed E-state index contributed by atoms with van der Waals surface area (Å²) in [5.41, 5.74) is 3.41. The zero-order valence-electron chi connectivity index (χ0n) is 16.7. The van der Waals surface area contributed by atoms with Crippen molar-refractivity contribution < 1.29 is 10.0 Å². The Balaban J connectivity index is 1.87. The van der Waals surface area contributed by atoms with Gasteiger partial charge in [0.2, 0.25) is 0 Å². The molecule has 1 aromatic carbocycles. The van der Waals surface area contributed by atoms with Crippen LogP contribution in [0.3, 0.4) is 0 Å². The number of rotatable bonds is 10. The number of benzene rings is 1. The first-order valence-electron chi connectivity index (χ1n) is 9.46. The molecule has 0 saturated heterocycles. The predicted octanol–water partition coefficient (Wildman–Crippen LogP) is 2.75. The molecule has 1 heterocycles. The van der Waals surface area contributed by atoms with Gasteiger partial charge >= 0.3 is 0 Å². The van der Waals surface area contributed by atoms with Gasteiger partial charge in [0.15, 0.2) is 0 Å². The van der Waals surface area contributed by atoms with Crippen LogP contribution >= 0.6 is 0 Å². The number of hydroxylamine groups is 1. The molecule has 1 amide bonds. The van der Waals surface area contributed by atoms with Crippen LogP contribution in [0, 0.1) is 0 Å². The van der Waals surface area contributed by atoms with E-state index in [1.165, 1.54) is 23.2 Å². The highest BCUT2D eigenvalue weighted by Crippen LogP contribution is 2.09. The van der Waals surface area contributed by atoms with E-state index >= 15 is 0 Å². The van der Waals surface area contributed by atoms with Crippen molar-refractivity contribution in [3.63, 3.8) is 0 Å². The molecule has 0 aliphatic carbocycles. The lowest BCUT2D eigenvalue weighted by Gasteiger charge is -2.30. The molecule has 7 heteroatoms. The van der Waals surface area contributed by atoms with Crippen LogP contribution in [0.1, 0.15) is 32.0 Å². The zero-order chi connectivity index (χ0) is 20.4. The normalized spacial score (nSPS) is 12.5. The Bertz CT molecular complexity index is 747. The van der Waals surface area contributed by atoms with E-state index in [1.807, 2.05) is 6.07 Å². The topological polar surface area (TPSA) is 90.4 Å². The largest absolute Gasteiger partial charge is 0.365 e. The van der Waals surface area contributed by atoms with E-state index in [-0.39, 0.29) is 6.04 Å². The highest BCUT2D eigenvalue weighted by atomic mass is 16.5. The van der Waals surface area contributed by atoms with Crippen molar-refractivity contribution in [3.05, 3.63) is 60.1 Å². The van der Waals surface area contributed by atoms with Gasteiger partial charge in [-0.05, 0) is 38.8 Å². The van der Waals surface area contributed by atoms with Gasteiger partial charge < -0.3 is 5.32 Å². The summed E-state index contributed by atoms with van der Waals surface area (Å²) in [5.74, 6) is 0.0740. The Kier molecular flexibility index (Phi) is 8.58. The first-order valence-corrected chi connectivity index (χ1v) is 9.46. The number of anilines is 1. The molecule has 28 heavy (non-hydrogen) atoms. The summed E-state index contributed by atoms with van der Waals surface area (Å²) in [6.07, 6.45) is 6.90. The van der Waals surface area contributed by atoms with E-state index < -0.39 is 5.91 Å². The lowest BCUT2D eigenvalue weighted by atomic mass is 10.1. The fraction of sp³-hybridized carbons (Fsp3) is 0.381. The van der Waals surface area contributed by atoms with Crippen LogP contribution in [-0.4, -0.2) is 51.2 Å². The van der Waals surface area contributed by atoms with Crippen molar-refractivity contribution in [2.75, 3.05) is 18.4 Å². The molecule has 3 N–H and O–H groups in total.